The monoisotopic (exact) mass is 377 g/mol. The third kappa shape index (κ3) is 4.04. The van der Waals surface area contributed by atoms with E-state index in [1.807, 2.05) is 19.2 Å². The predicted molar refractivity (Wildman–Crippen MR) is 94.4 cm³/mol. The average molecular weight is 378 g/mol. The molecule has 26 heavy (non-hydrogen) atoms. The lowest BCUT2D eigenvalue weighted by atomic mass is 10.1. The van der Waals surface area contributed by atoms with Crippen molar-refractivity contribution in [3.63, 3.8) is 0 Å². The van der Waals surface area contributed by atoms with E-state index in [9.17, 15) is 9.59 Å². The summed E-state index contributed by atoms with van der Waals surface area (Å²) in [6.45, 7) is 0.0840. The van der Waals surface area contributed by atoms with Crippen LogP contribution in [0.4, 0.5) is 0 Å². The molecule has 138 valence electrons. The van der Waals surface area contributed by atoms with Crippen LogP contribution in [0.2, 0.25) is 5.02 Å². The fourth-order valence-corrected chi connectivity index (χ4v) is 2.82. The quantitative estimate of drug-likeness (QED) is 0.689. The lowest BCUT2D eigenvalue weighted by Gasteiger charge is -2.12. The summed E-state index contributed by atoms with van der Waals surface area (Å²) in [6, 6.07) is 5.47. The fourth-order valence-electron chi connectivity index (χ4n) is 2.71. The van der Waals surface area contributed by atoms with Crippen LogP contribution in [0.15, 0.2) is 24.4 Å². The Bertz CT molecular complexity index is 812. The minimum Gasteiger partial charge on any atom is -0.468 e. The van der Waals surface area contributed by atoms with Gasteiger partial charge in [-0.05, 0) is 31.0 Å². The molecule has 0 aliphatic heterocycles. The standard InChI is InChI=1S/C18H20ClN3O4/c1-22-15(14-5-3-12(19)10-20-14)9-13(21-22)4-6-16(23)26-11-18(7-8-18)17(24)25-2/h3,5,9-10H,4,6-8,11H2,1-2H3. The Labute approximate surface area is 156 Å². The highest BCUT2D eigenvalue weighted by molar-refractivity contribution is 6.30. The maximum absolute atomic E-state index is 12.0. The molecule has 0 atom stereocenters. The predicted octanol–water partition coefficient (Wildman–Crippen LogP) is 2.56. The Morgan fingerprint density at radius 1 is 1.35 bits per heavy atom. The summed E-state index contributed by atoms with van der Waals surface area (Å²) >= 11 is 5.86. The molecule has 2 aromatic rings. The summed E-state index contributed by atoms with van der Waals surface area (Å²) in [7, 11) is 3.17. The Balaban J connectivity index is 1.53. The number of aromatic nitrogens is 3. The van der Waals surface area contributed by atoms with Crippen LogP contribution >= 0.6 is 11.6 Å². The normalized spacial score (nSPS) is 14.7. The first-order valence-corrected chi connectivity index (χ1v) is 8.70. The van der Waals surface area contributed by atoms with Gasteiger partial charge in [0.15, 0.2) is 0 Å². The maximum Gasteiger partial charge on any atom is 0.315 e. The van der Waals surface area contributed by atoms with Crippen LogP contribution in [0.25, 0.3) is 11.4 Å². The van der Waals surface area contributed by atoms with E-state index in [2.05, 4.69) is 10.1 Å². The molecular weight excluding hydrogens is 358 g/mol. The van der Waals surface area contributed by atoms with Crippen LogP contribution in [0.5, 0.6) is 0 Å². The summed E-state index contributed by atoms with van der Waals surface area (Å²) < 4.78 is 11.7. The minimum atomic E-state index is -0.622. The van der Waals surface area contributed by atoms with Crippen LogP contribution in [-0.2, 0) is 32.5 Å². The van der Waals surface area contributed by atoms with Crippen LogP contribution in [0.1, 0.15) is 25.0 Å². The van der Waals surface area contributed by atoms with Gasteiger partial charge in [-0.15, -0.1) is 0 Å². The van der Waals surface area contributed by atoms with E-state index in [0.29, 0.717) is 24.3 Å². The van der Waals surface area contributed by atoms with Gasteiger partial charge in [-0.25, -0.2) is 0 Å². The molecule has 0 spiro atoms. The van der Waals surface area contributed by atoms with Crippen molar-refractivity contribution < 1.29 is 19.1 Å². The van der Waals surface area contributed by atoms with E-state index < -0.39 is 5.41 Å². The van der Waals surface area contributed by atoms with Crippen LogP contribution in [-0.4, -0.2) is 40.4 Å². The van der Waals surface area contributed by atoms with E-state index >= 15 is 0 Å². The lowest BCUT2D eigenvalue weighted by Crippen LogP contribution is -2.25. The molecule has 1 aliphatic rings. The molecule has 1 saturated carbocycles. The van der Waals surface area contributed by atoms with E-state index in [4.69, 9.17) is 21.1 Å². The van der Waals surface area contributed by atoms with Gasteiger partial charge in [-0.2, -0.15) is 5.10 Å². The molecule has 2 heterocycles. The van der Waals surface area contributed by atoms with Gasteiger partial charge in [0.2, 0.25) is 0 Å². The molecule has 7 nitrogen and oxygen atoms in total. The van der Waals surface area contributed by atoms with Gasteiger partial charge in [0, 0.05) is 19.7 Å². The minimum absolute atomic E-state index is 0.0840. The summed E-state index contributed by atoms with van der Waals surface area (Å²) in [5, 5.41) is 4.97. The Kier molecular flexibility index (Phi) is 5.27. The lowest BCUT2D eigenvalue weighted by molar-refractivity contribution is -0.154. The summed E-state index contributed by atoms with van der Waals surface area (Å²) in [5.74, 6) is -0.660. The van der Waals surface area contributed by atoms with Crippen molar-refractivity contribution in [2.24, 2.45) is 12.5 Å². The van der Waals surface area contributed by atoms with Crippen molar-refractivity contribution in [2.75, 3.05) is 13.7 Å². The number of carbonyl (C=O) groups excluding carboxylic acids is 2. The SMILES string of the molecule is COC(=O)C1(COC(=O)CCc2cc(-c3ccc(Cl)cn3)n(C)n2)CC1. The van der Waals surface area contributed by atoms with Crippen molar-refractivity contribution in [3.05, 3.63) is 35.1 Å². The number of nitrogens with zero attached hydrogens (tertiary/aromatic N) is 3. The molecule has 1 fully saturated rings. The van der Waals surface area contributed by atoms with Gasteiger partial charge in [0.25, 0.3) is 0 Å². The van der Waals surface area contributed by atoms with Gasteiger partial charge in [-0.3, -0.25) is 19.3 Å². The van der Waals surface area contributed by atoms with Crippen molar-refractivity contribution in [3.8, 4) is 11.4 Å². The second-order valence-electron chi connectivity index (χ2n) is 6.44. The zero-order chi connectivity index (χ0) is 18.7. The van der Waals surface area contributed by atoms with Crippen LogP contribution < -0.4 is 0 Å². The molecule has 0 bridgehead atoms. The number of hydrogen-bond acceptors (Lipinski definition) is 6. The molecule has 0 unspecified atom stereocenters. The number of rotatable bonds is 7. The molecular formula is C18H20ClN3O4. The maximum atomic E-state index is 12.0. The summed E-state index contributed by atoms with van der Waals surface area (Å²) in [6.07, 6.45) is 3.62. The van der Waals surface area contributed by atoms with Crippen molar-refractivity contribution >= 4 is 23.5 Å². The first-order valence-electron chi connectivity index (χ1n) is 8.32. The first-order chi connectivity index (χ1) is 12.4. The van der Waals surface area contributed by atoms with E-state index in [1.54, 1.807) is 16.9 Å². The molecule has 3 rings (SSSR count). The Hall–Kier alpha value is -2.41. The number of halogens is 1. The number of aryl methyl sites for hydroxylation is 2. The first kappa shape index (κ1) is 18.4. The molecule has 0 amide bonds. The van der Waals surface area contributed by atoms with Crippen molar-refractivity contribution in [1.82, 2.24) is 14.8 Å². The van der Waals surface area contributed by atoms with Gasteiger partial charge in [-0.1, -0.05) is 11.6 Å². The van der Waals surface area contributed by atoms with Crippen molar-refractivity contribution in [2.45, 2.75) is 25.7 Å². The number of esters is 2. The molecule has 8 heteroatoms. The molecule has 1 aliphatic carbocycles. The number of ether oxygens (including phenoxy) is 2. The van der Waals surface area contributed by atoms with Gasteiger partial charge in [0.1, 0.15) is 12.0 Å². The highest BCUT2D eigenvalue weighted by Crippen LogP contribution is 2.46. The highest BCUT2D eigenvalue weighted by Gasteiger charge is 2.52. The Morgan fingerprint density at radius 3 is 2.73 bits per heavy atom. The smallest absolute Gasteiger partial charge is 0.315 e. The van der Waals surface area contributed by atoms with Crippen molar-refractivity contribution in [1.29, 1.82) is 0 Å². The second-order valence-corrected chi connectivity index (χ2v) is 6.88. The third-order valence-corrected chi connectivity index (χ3v) is 4.71. The number of carbonyl (C=O) groups is 2. The largest absolute Gasteiger partial charge is 0.468 e. The highest BCUT2D eigenvalue weighted by atomic mass is 35.5. The van der Waals surface area contributed by atoms with E-state index in [-0.39, 0.29) is 25.0 Å². The molecule has 0 radical (unpaired) electrons. The second kappa shape index (κ2) is 7.45. The molecule has 0 aromatic carbocycles. The van der Waals surface area contributed by atoms with Crippen LogP contribution in [0.3, 0.4) is 0 Å². The third-order valence-electron chi connectivity index (χ3n) is 4.49. The topological polar surface area (TPSA) is 83.3 Å². The van der Waals surface area contributed by atoms with Gasteiger partial charge in [0.05, 0.1) is 35.6 Å². The number of pyridine rings is 1. The Morgan fingerprint density at radius 2 is 2.12 bits per heavy atom. The number of methoxy groups -OCH3 is 1. The zero-order valence-electron chi connectivity index (χ0n) is 14.7. The van der Waals surface area contributed by atoms with Crippen LogP contribution in [0, 0.1) is 5.41 Å². The van der Waals surface area contributed by atoms with Gasteiger partial charge >= 0.3 is 11.9 Å². The van der Waals surface area contributed by atoms with E-state index in [1.165, 1.54) is 7.11 Å². The summed E-state index contributed by atoms with van der Waals surface area (Å²) in [4.78, 5) is 27.9. The average Bonchev–Trinajstić information content (AvgIpc) is 3.35. The summed E-state index contributed by atoms with van der Waals surface area (Å²) in [5.41, 5.74) is 1.74. The van der Waals surface area contributed by atoms with E-state index in [0.717, 1.165) is 17.1 Å². The zero-order valence-corrected chi connectivity index (χ0v) is 15.5. The fraction of sp³-hybridized carbons (Fsp3) is 0.444. The van der Waals surface area contributed by atoms with Gasteiger partial charge < -0.3 is 9.47 Å². The molecule has 2 aromatic heterocycles. The molecule has 0 N–H and O–H groups in total. The number of hydrogen-bond donors (Lipinski definition) is 0. The molecule has 0 saturated heterocycles.